The van der Waals surface area contributed by atoms with Gasteiger partial charge in [0.1, 0.15) is 5.75 Å². The first kappa shape index (κ1) is 21.1. The highest BCUT2D eigenvalue weighted by Crippen LogP contribution is 2.36. The van der Waals surface area contributed by atoms with E-state index in [0.29, 0.717) is 37.2 Å². The number of carbonyl (C=O) groups excluding carboxylic acids is 2. The van der Waals surface area contributed by atoms with E-state index in [0.717, 1.165) is 5.56 Å². The number of methoxy groups -OCH3 is 1. The standard InChI is InChI=1S/C25H26N2O3S/c1-26-24(29)25(15-18-6-8-19(9-7-18)21-10-13-31-16-21)11-12-27(17-25)23(28)20-4-3-5-22(14-20)30-2/h3-10,13-14,16H,11-12,15,17H2,1-2H3,(H,26,29). The van der Waals surface area contributed by atoms with E-state index < -0.39 is 5.41 Å². The molecule has 0 radical (unpaired) electrons. The molecular weight excluding hydrogens is 408 g/mol. The number of hydrogen-bond acceptors (Lipinski definition) is 4. The Kier molecular flexibility index (Phi) is 6.09. The summed E-state index contributed by atoms with van der Waals surface area (Å²) >= 11 is 1.68. The van der Waals surface area contributed by atoms with Gasteiger partial charge in [0.15, 0.2) is 0 Å². The van der Waals surface area contributed by atoms with Gasteiger partial charge in [0.25, 0.3) is 5.91 Å². The van der Waals surface area contributed by atoms with Crippen LogP contribution < -0.4 is 10.1 Å². The molecule has 0 bridgehead atoms. The molecule has 0 aliphatic carbocycles. The zero-order valence-electron chi connectivity index (χ0n) is 17.8. The van der Waals surface area contributed by atoms with Gasteiger partial charge < -0.3 is 15.0 Å². The third kappa shape index (κ3) is 4.35. The third-order valence-corrected chi connectivity index (χ3v) is 6.70. The second kappa shape index (κ2) is 8.94. The van der Waals surface area contributed by atoms with Crippen molar-refractivity contribution >= 4 is 23.2 Å². The maximum absolute atomic E-state index is 13.1. The summed E-state index contributed by atoms with van der Waals surface area (Å²) in [6, 6.07) is 17.6. The number of nitrogens with zero attached hydrogens (tertiary/aromatic N) is 1. The Hall–Kier alpha value is -3.12. The zero-order chi connectivity index (χ0) is 21.8. The van der Waals surface area contributed by atoms with Crippen LogP contribution in [0.5, 0.6) is 5.75 Å². The molecule has 1 atom stereocenters. The smallest absolute Gasteiger partial charge is 0.254 e. The van der Waals surface area contributed by atoms with Gasteiger partial charge in [0.2, 0.25) is 5.91 Å². The van der Waals surface area contributed by atoms with Crippen LogP contribution in [0.15, 0.2) is 65.4 Å². The van der Waals surface area contributed by atoms with Crippen molar-refractivity contribution in [3.05, 3.63) is 76.5 Å². The van der Waals surface area contributed by atoms with Crippen LogP contribution in [-0.2, 0) is 11.2 Å². The van der Waals surface area contributed by atoms with Gasteiger partial charge in [0.05, 0.1) is 12.5 Å². The maximum Gasteiger partial charge on any atom is 0.254 e. The van der Waals surface area contributed by atoms with Crippen LogP contribution in [0, 0.1) is 5.41 Å². The Balaban J connectivity index is 1.53. The summed E-state index contributed by atoms with van der Waals surface area (Å²) in [6.07, 6.45) is 1.23. The van der Waals surface area contributed by atoms with Crippen LogP contribution in [0.2, 0.25) is 0 Å². The van der Waals surface area contributed by atoms with Crippen molar-refractivity contribution in [3.63, 3.8) is 0 Å². The molecule has 1 fully saturated rings. The molecule has 2 heterocycles. The molecule has 0 spiro atoms. The van der Waals surface area contributed by atoms with Crippen LogP contribution in [0.3, 0.4) is 0 Å². The summed E-state index contributed by atoms with van der Waals surface area (Å²) in [5, 5.41) is 7.01. The minimum absolute atomic E-state index is 0.0182. The highest BCUT2D eigenvalue weighted by molar-refractivity contribution is 7.08. The molecule has 1 aromatic heterocycles. The van der Waals surface area contributed by atoms with Crippen molar-refractivity contribution in [2.24, 2.45) is 5.41 Å². The molecule has 1 aliphatic rings. The highest BCUT2D eigenvalue weighted by Gasteiger charge is 2.45. The minimum atomic E-state index is -0.632. The SMILES string of the molecule is CNC(=O)C1(Cc2ccc(-c3ccsc3)cc2)CCN(C(=O)c2cccc(OC)c2)C1. The summed E-state index contributed by atoms with van der Waals surface area (Å²) in [4.78, 5) is 27.8. The maximum atomic E-state index is 13.1. The Morgan fingerprint density at radius 3 is 2.61 bits per heavy atom. The molecule has 31 heavy (non-hydrogen) atoms. The molecule has 160 valence electrons. The van der Waals surface area contributed by atoms with Crippen molar-refractivity contribution in [1.82, 2.24) is 10.2 Å². The normalized spacial score (nSPS) is 18.1. The van der Waals surface area contributed by atoms with Crippen molar-refractivity contribution in [1.29, 1.82) is 0 Å². The molecular formula is C25H26N2O3S. The minimum Gasteiger partial charge on any atom is -0.497 e. The molecule has 4 rings (SSSR count). The lowest BCUT2D eigenvalue weighted by molar-refractivity contribution is -0.129. The molecule has 1 N–H and O–H groups in total. The van der Waals surface area contributed by atoms with Gasteiger partial charge in [-0.1, -0.05) is 30.3 Å². The monoisotopic (exact) mass is 434 g/mol. The second-order valence-corrected chi connectivity index (χ2v) is 8.73. The third-order valence-electron chi connectivity index (χ3n) is 6.02. The first-order valence-electron chi connectivity index (χ1n) is 10.3. The quantitative estimate of drug-likeness (QED) is 0.631. The van der Waals surface area contributed by atoms with Gasteiger partial charge in [-0.15, -0.1) is 0 Å². The number of nitrogens with one attached hydrogen (secondary N) is 1. The van der Waals surface area contributed by atoms with Crippen LogP contribution >= 0.6 is 11.3 Å². The topological polar surface area (TPSA) is 58.6 Å². The number of likely N-dealkylation sites (tertiary alicyclic amines) is 1. The van der Waals surface area contributed by atoms with E-state index >= 15 is 0 Å². The van der Waals surface area contributed by atoms with Gasteiger partial charge in [-0.2, -0.15) is 11.3 Å². The predicted octanol–water partition coefficient (Wildman–Crippen LogP) is 4.24. The number of thiophene rings is 1. The molecule has 2 aromatic carbocycles. The van der Waals surface area contributed by atoms with E-state index in [-0.39, 0.29) is 11.8 Å². The van der Waals surface area contributed by atoms with Crippen LogP contribution in [-0.4, -0.2) is 44.0 Å². The number of carbonyl (C=O) groups is 2. The summed E-state index contributed by atoms with van der Waals surface area (Å²) < 4.78 is 5.25. The largest absolute Gasteiger partial charge is 0.497 e. The Bertz CT molecular complexity index is 1060. The van der Waals surface area contributed by atoms with E-state index in [1.165, 1.54) is 11.1 Å². The Morgan fingerprint density at radius 2 is 1.94 bits per heavy atom. The van der Waals surface area contributed by atoms with Crippen molar-refractivity contribution in [2.45, 2.75) is 12.8 Å². The van der Waals surface area contributed by atoms with E-state index in [1.807, 2.05) is 12.1 Å². The lowest BCUT2D eigenvalue weighted by Gasteiger charge is -2.28. The van der Waals surface area contributed by atoms with Crippen LogP contribution in [0.25, 0.3) is 11.1 Å². The second-order valence-electron chi connectivity index (χ2n) is 7.95. The molecule has 5 nitrogen and oxygen atoms in total. The molecule has 1 aliphatic heterocycles. The molecule has 3 aromatic rings. The fourth-order valence-electron chi connectivity index (χ4n) is 4.29. The summed E-state index contributed by atoms with van der Waals surface area (Å²) in [7, 11) is 3.25. The Labute approximate surface area is 186 Å². The first-order chi connectivity index (χ1) is 15.0. The van der Waals surface area contributed by atoms with Gasteiger partial charge in [-0.3, -0.25) is 9.59 Å². The fourth-order valence-corrected chi connectivity index (χ4v) is 4.96. The van der Waals surface area contributed by atoms with Crippen LogP contribution in [0.1, 0.15) is 22.3 Å². The van der Waals surface area contributed by atoms with Gasteiger partial charge in [0, 0.05) is 25.7 Å². The van der Waals surface area contributed by atoms with Crippen molar-refractivity contribution in [3.8, 4) is 16.9 Å². The summed E-state index contributed by atoms with van der Waals surface area (Å²) in [5.74, 6) is 0.557. The lowest BCUT2D eigenvalue weighted by atomic mass is 9.79. The average Bonchev–Trinajstić information content (AvgIpc) is 3.50. The predicted molar refractivity (Wildman–Crippen MR) is 123 cm³/mol. The zero-order valence-corrected chi connectivity index (χ0v) is 18.6. The molecule has 6 heteroatoms. The van der Waals surface area contributed by atoms with Crippen molar-refractivity contribution < 1.29 is 14.3 Å². The number of benzene rings is 2. The van der Waals surface area contributed by atoms with Crippen molar-refractivity contribution in [2.75, 3.05) is 27.2 Å². The highest BCUT2D eigenvalue weighted by atomic mass is 32.1. The molecule has 0 saturated carbocycles. The number of ether oxygens (including phenoxy) is 1. The molecule has 1 saturated heterocycles. The van der Waals surface area contributed by atoms with E-state index in [2.05, 4.69) is 46.4 Å². The number of hydrogen-bond donors (Lipinski definition) is 1. The lowest BCUT2D eigenvalue weighted by Crippen LogP contribution is -2.44. The molecule has 2 amide bonds. The van der Waals surface area contributed by atoms with Crippen LogP contribution in [0.4, 0.5) is 0 Å². The fraction of sp³-hybridized carbons (Fsp3) is 0.280. The van der Waals surface area contributed by atoms with E-state index in [9.17, 15) is 9.59 Å². The Morgan fingerprint density at radius 1 is 1.13 bits per heavy atom. The summed E-state index contributed by atoms with van der Waals surface area (Å²) in [6.45, 7) is 0.950. The van der Waals surface area contributed by atoms with Gasteiger partial charge >= 0.3 is 0 Å². The number of rotatable bonds is 6. The van der Waals surface area contributed by atoms with E-state index in [4.69, 9.17) is 4.74 Å². The summed E-state index contributed by atoms with van der Waals surface area (Å²) in [5.41, 5.74) is 3.41. The number of amides is 2. The van der Waals surface area contributed by atoms with E-state index in [1.54, 1.807) is 42.5 Å². The van der Waals surface area contributed by atoms with Gasteiger partial charge in [-0.05, 0) is 64.6 Å². The first-order valence-corrected chi connectivity index (χ1v) is 11.3. The van der Waals surface area contributed by atoms with Gasteiger partial charge in [-0.25, -0.2) is 0 Å². The average molecular weight is 435 g/mol. The molecule has 1 unspecified atom stereocenters.